The Bertz CT molecular complexity index is 181. The highest BCUT2D eigenvalue weighted by Crippen LogP contribution is 2.20. The monoisotopic (exact) mass is 214 g/mol. The van der Waals surface area contributed by atoms with Gasteiger partial charge in [-0.25, -0.2) is 0 Å². The Kier molecular flexibility index (Phi) is 4.56. The molecular weight excluding hydrogens is 188 g/mol. The van der Waals surface area contributed by atoms with Crippen LogP contribution >= 0.6 is 0 Å². The van der Waals surface area contributed by atoms with Crippen molar-refractivity contribution in [3.05, 3.63) is 0 Å². The molecule has 1 rings (SSSR count). The number of hydrogen-bond acceptors (Lipinski definition) is 3. The number of rotatable bonds is 3. The summed E-state index contributed by atoms with van der Waals surface area (Å²) in [6, 6.07) is 0. The fourth-order valence-electron chi connectivity index (χ4n) is 1.81. The molecule has 90 valence electrons. The van der Waals surface area contributed by atoms with Crippen molar-refractivity contribution in [3.8, 4) is 0 Å². The van der Waals surface area contributed by atoms with Crippen molar-refractivity contribution >= 4 is 0 Å². The Morgan fingerprint density at radius 1 is 1.07 bits per heavy atom. The van der Waals surface area contributed by atoms with Crippen molar-refractivity contribution in [2.75, 3.05) is 39.3 Å². The minimum absolute atomic E-state index is 0.00188. The van der Waals surface area contributed by atoms with Crippen LogP contribution < -0.4 is 0 Å². The molecule has 1 aliphatic rings. The Morgan fingerprint density at radius 3 is 1.93 bits per heavy atom. The van der Waals surface area contributed by atoms with E-state index >= 15 is 0 Å². The first kappa shape index (κ1) is 12.9. The highest BCUT2D eigenvalue weighted by molar-refractivity contribution is 4.79. The van der Waals surface area contributed by atoms with Crippen LogP contribution in [0.2, 0.25) is 0 Å². The topological polar surface area (TPSA) is 26.7 Å². The average molecular weight is 214 g/mol. The summed E-state index contributed by atoms with van der Waals surface area (Å²) in [5.41, 5.74) is 0.00188. The molecule has 15 heavy (non-hydrogen) atoms. The Hall–Kier alpha value is -0.120. The molecule has 1 aliphatic heterocycles. The van der Waals surface area contributed by atoms with E-state index in [1.54, 1.807) is 0 Å². The maximum absolute atomic E-state index is 10.0. The summed E-state index contributed by atoms with van der Waals surface area (Å²) < 4.78 is 0. The molecule has 3 nitrogen and oxygen atoms in total. The summed E-state index contributed by atoms with van der Waals surface area (Å²) >= 11 is 0. The van der Waals surface area contributed by atoms with E-state index < -0.39 is 0 Å². The molecule has 0 aliphatic carbocycles. The van der Waals surface area contributed by atoms with Crippen LogP contribution in [0, 0.1) is 5.41 Å². The van der Waals surface area contributed by atoms with E-state index in [1.165, 1.54) is 0 Å². The first-order chi connectivity index (χ1) is 6.93. The second-order valence-corrected chi connectivity index (χ2v) is 5.62. The predicted octanol–water partition coefficient (Wildman–Crippen LogP) is 1.03. The summed E-state index contributed by atoms with van der Waals surface area (Å²) in [5.74, 6) is 0. The number of piperazine rings is 1. The van der Waals surface area contributed by atoms with Crippen LogP contribution in [0.5, 0.6) is 0 Å². The lowest BCUT2D eigenvalue weighted by Gasteiger charge is -2.37. The van der Waals surface area contributed by atoms with E-state index in [0.29, 0.717) is 0 Å². The number of aliphatic hydroxyl groups is 1. The average Bonchev–Trinajstić information content (AvgIpc) is 2.17. The van der Waals surface area contributed by atoms with Gasteiger partial charge < -0.3 is 10.0 Å². The lowest BCUT2D eigenvalue weighted by Crippen LogP contribution is -2.50. The van der Waals surface area contributed by atoms with Gasteiger partial charge in [0.2, 0.25) is 0 Å². The van der Waals surface area contributed by atoms with Crippen LogP contribution in [0.15, 0.2) is 0 Å². The third-order valence-electron chi connectivity index (χ3n) is 3.34. The van der Waals surface area contributed by atoms with Gasteiger partial charge in [-0.15, -0.1) is 0 Å². The Labute approximate surface area is 94.1 Å². The van der Waals surface area contributed by atoms with Gasteiger partial charge in [-0.2, -0.15) is 0 Å². The number of aliphatic hydroxyl groups excluding tert-OH is 1. The molecular formula is C12H26N2O. The van der Waals surface area contributed by atoms with Gasteiger partial charge >= 0.3 is 0 Å². The summed E-state index contributed by atoms with van der Waals surface area (Å²) in [6.45, 7) is 15.0. The molecule has 1 heterocycles. The number of hydrogen-bond donors (Lipinski definition) is 1. The van der Waals surface area contributed by atoms with Gasteiger partial charge in [0, 0.05) is 32.7 Å². The quantitative estimate of drug-likeness (QED) is 0.760. The van der Waals surface area contributed by atoms with E-state index in [9.17, 15) is 5.11 Å². The lowest BCUT2D eigenvalue weighted by molar-refractivity contribution is 0.0141. The van der Waals surface area contributed by atoms with Crippen molar-refractivity contribution in [2.45, 2.75) is 33.8 Å². The van der Waals surface area contributed by atoms with E-state index in [1.807, 2.05) is 0 Å². The number of nitrogens with zero attached hydrogens (tertiary/aromatic N) is 2. The molecule has 0 amide bonds. The highest BCUT2D eigenvalue weighted by atomic mass is 16.3. The minimum atomic E-state index is -0.217. The van der Waals surface area contributed by atoms with Gasteiger partial charge in [0.1, 0.15) is 0 Å². The minimum Gasteiger partial charge on any atom is -0.391 e. The number of β-amino-alcohol motifs (C(OH)–C–C–N with tert-alkyl or cyclic N) is 1. The summed E-state index contributed by atoms with van der Waals surface area (Å²) in [4.78, 5) is 4.84. The molecule has 0 radical (unpaired) electrons. The molecule has 0 bridgehead atoms. The zero-order valence-electron chi connectivity index (χ0n) is 10.7. The van der Waals surface area contributed by atoms with E-state index in [4.69, 9.17) is 0 Å². The summed E-state index contributed by atoms with van der Waals surface area (Å²) in [6.07, 6.45) is -0.217. The molecule has 1 atom stereocenters. The van der Waals surface area contributed by atoms with Crippen molar-refractivity contribution in [3.63, 3.8) is 0 Å². The molecule has 1 fully saturated rings. The fourth-order valence-corrected chi connectivity index (χ4v) is 1.81. The molecule has 0 aromatic carbocycles. The van der Waals surface area contributed by atoms with Crippen LogP contribution in [0.1, 0.15) is 27.7 Å². The van der Waals surface area contributed by atoms with E-state index in [-0.39, 0.29) is 11.5 Å². The zero-order chi connectivity index (χ0) is 11.5. The van der Waals surface area contributed by atoms with E-state index in [2.05, 4.69) is 37.5 Å². The van der Waals surface area contributed by atoms with Gasteiger partial charge in [-0.3, -0.25) is 4.90 Å². The molecule has 0 aromatic heterocycles. The molecule has 3 heteroatoms. The maximum atomic E-state index is 10.0. The largest absolute Gasteiger partial charge is 0.391 e. The maximum Gasteiger partial charge on any atom is 0.0715 e. The van der Waals surface area contributed by atoms with Crippen LogP contribution in [0.4, 0.5) is 0 Å². The summed E-state index contributed by atoms with van der Waals surface area (Å²) in [7, 11) is 0. The van der Waals surface area contributed by atoms with Crippen molar-refractivity contribution in [1.82, 2.24) is 9.80 Å². The zero-order valence-corrected chi connectivity index (χ0v) is 10.7. The molecule has 1 N–H and O–H groups in total. The van der Waals surface area contributed by atoms with Gasteiger partial charge in [-0.1, -0.05) is 27.7 Å². The van der Waals surface area contributed by atoms with Crippen molar-refractivity contribution in [2.24, 2.45) is 5.41 Å². The highest BCUT2D eigenvalue weighted by Gasteiger charge is 2.25. The Morgan fingerprint density at radius 2 is 1.53 bits per heavy atom. The normalized spacial score (nSPS) is 23.0. The third kappa shape index (κ3) is 4.09. The predicted molar refractivity (Wildman–Crippen MR) is 64.0 cm³/mol. The molecule has 0 aromatic rings. The number of likely N-dealkylation sites (N-methyl/N-ethyl adjacent to an activating group) is 1. The lowest BCUT2D eigenvalue weighted by atomic mass is 9.89. The third-order valence-corrected chi connectivity index (χ3v) is 3.34. The molecule has 0 unspecified atom stereocenters. The second kappa shape index (κ2) is 5.28. The SMILES string of the molecule is CCN1CCN(C[C@H](O)C(C)(C)C)CC1. The first-order valence-corrected chi connectivity index (χ1v) is 6.06. The van der Waals surface area contributed by atoms with Gasteiger partial charge in [0.15, 0.2) is 0 Å². The van der Waals surface area contributed by atoms with Crippen LogP contribution in [-0.4, -0.2) is 60.3 Å². The van der Waals surface area contributed by atoms with Crippen molar-refractivity contribution in [1.29, 1.82) is 0 Å². The van der Waals surface area contributed by atoms with Crippen LogP contribution in [0.25, 0.3) is 0 Å². The van der Waals surface area contributed by atoms with E-state index in [0.717, 1.165) is 39.3 Å². The standard InChI is InChI=1S/C12H26N2O/c1-5-13-6-8-14(9-7-13)10-11(15)12(2,3)4/h11,15H,5-10H2,1-4H3/t11-/m0/s1. The second-order valence-electron chi connectivity index (χ2n) is 5.62. The van der Waals surface area contributed by atoms with Crippen LogP contribution in [-0.2, 0) is 0 Å². The molecule has 1 saturated heterocycles. The van der Waals surface area contributed by atoms with Gasteiger partial charge in [0.05, 0.1) is 6.10 Å². The van der Waals surface area contributed by atoms with Crippen molar-refractivity contribution < 1.29 is 5.11 Å². The fraction of sp³-hybridized carbons (Fsp3) is 1.00. The van der Waals surface area contributed by atoms with Crippen LogP contribution in [0.3, 0.4) is 0 Å². The van der Waals surface area contributed by atoms with Gasteiger partial charge in [0.25, 0.3) is 0 Å². The summed E-state index contributed by atoms with van der Waals surface area (Å²) in [5, 5.41) is 10.0. The Balaban J connectivity index is 2.29. The molecule has 0 spiro atoms. The smallest absolute Gasteiger partial charge is 0.0715 e. The molecule has 0 saturated carbocycles. The first-order valence-electron chi connectivity index (χ1n) is 6.06. The van der Waals surface area contributed by atoms with Gasteiger partial charge in [-0.05, 0) is 12.0 Å².